The minimum Gasteiger partial charge on any atom is -0.508 e. The van der Waals surface area contributed by atoms with Gasteiger partial charge in [0, 0.05) is 44.8 Å². The number of carboxylic acid groups (broad SMARTS) is 1. The number of nitriles is 2. The number of nitrogens with zero attached hydrogens (tertiary/aromatic N) is 7. The fraction of sp³-hybridized carbons (Fsp3) is 0.127. The van der Waals surface area contributed by atoms with Crippen LogP contribution in [0.15, 0.2) is 163 Å². The number of Topliss-reactive ketones (excluding diaryl/α,β-unsaturated/α-hetero) is 1. The van der Waals surface area contributed by atoms with Gasteiger partial charge >= 0.3 is 5.97 Å². The van der Waals surface area contributed by atoms with Crippen molar-refractivity contribution in [1.29, 1.82) is 10.5 Å². The van der Waals surface area contributed by atoms with E-state index >= 15 is 0 Å². The van der Waals surface area contributed by atoms with E-state index in [1.165, 1.54) is 11.8 Å². The number of thiol groups is 1. The highest BCUT2D eigenvalue weighted by atomic mass is 32.2. The van der Waals surface area contributed by atoms with Gasteiger partial charge in [-0.05, 0) is 116 Å². The van der Waals surface area contributed by atoms with Crippen LogP contribution in [-0.4, -0.2) is 96.1 Å². The Morgan fingerprint density at radius 3 is 1.73 bits per heavy atom. The molecule has 1 aliphatic heterocycles. The zero-order valence-corrected chi connectivity index (χ0v) is 41.2. The number of rotatable bonds is 8. The van der Waals surface area contributed by atoms with Gasteiger partial charge in [-0.1, -0.05) is 42.5 Å². The van der Waals surface area contributed by atoms with Gasteiger partial charge < -0.3 is 35.3 Å². The highest BCUT2D eigenvalue weighted by molar-refractivity contribution is 8.14. The summed E-state index contributed by atoms with van der Waals surface area (Å²) in [7, 11) is 3.29. The first-order chi connectivity index (χ1) is 35.8. The number of aldehydes is 1. The van der Waals surface area contributed by atoms with Gasteiger partial charge in [-0.2, -0.15) is 23.2 Å². The van der Waals surface area contributed by atoms with Crippen LogP contribution in [0.25, 0.3) is 43.6 Å². The van der Waals surface area contributed by atoms with Crippen LogP contribution in [-0.2, 0) is 9.59 Å². The second-order valence-corrected chi connectivity index (χ2v) is 16.5. The number of carbonyl (C=O) groups is 3. The molecule has 1 aliphatic rings. The van der Waals surface area contributed by atoms with Crippen LogP contribution >= 0.6 is 24.4 Å². The van der Waals surface area contributed by atoms with Crippen LogP contribution in [0.2, 0.25) is 1.41 Å². The van der Waals surface area contributed by atoms with Crippen molar-refractivity contribution in [2.24, 2.45) is 10.7 Å². The number of aromatic hydroxyl groups is 2. The average Bonchev–Trinajstić information content (AvgIpc) is 3.95. The summed E-state index contributed by atoms with van der Waals surface area (Å²) < 4.78 is 16.6. The summed E-state index contributed by atoms with van der Waals surface area (Å²) in [4.78, 5) is 52.2. The molecule has 0 fully saturated rings. The molecule has 9 aromatic rings. The van der Waals surface area contributed by atoms with Gasteiger partial charge in [-0.15, -0.1) is 11.8 Å². The minimum atomic E-state index is -0.909. The highest BCUT2D eigenvalue weighted by Gasteiger charge is 2.25. The normalized spacial score (nSPS) is 12.5. The Bertz CT molecular complexity index is 3480. The standard InChI is InChI=1S/C13H10N2O3S.C11H8N2O.C10H6N2O.C10H9NO.C8H8O.C3H7NOS/c16-8-2-4-9-7(5-8)1-3-10(14-9)12-15-11(6-19-12)13(17)18;1-14-10-4-5-11-8(6-10)2-3-9(7-12)13-11;11-6-8-2-1-7-5-9(13)3-4-10(7)12-8;1-12-9-4-5-10-8(7-9)3-2-6-11-10;1-7(9)8-5-3-2-4-6-8;4-3(1-5)2-6/h1-5,11,16H,6H2,(H,17,18);2-6H,1H3;1-5,13H;2-7H,1H3;2-6H,1H3;1,3,6H,2,4H2/t11-;;;;;3-/m1....1/s1/i/hD. The molecule has 0 bridgehead atoms. The molecule has 368 valence electrons. The molecule has 4 aromatic heterocycles. The first-order valence-electron chi connectivity index (χ1n) is 22.4. The number of phenolic OH excluding ortho intramolecular Hbond substituents is 2. The Hall–Kier alpha value is -8.94. The molecule has 16 nitrogen and oxygen atoms in total. The van der Waals surface area contributed by atoms with Crippen LogP contribution in [0.5, 0.6) is 23.0 Å². The summed E-state index contributed by atoms with van der Waals surface area (Å²) in [5.74, 6) is 2.11. The monoisotopic (exact) mass is 1010 g/mol. The van der Waals surface area contributed by atoms with Crippen molar-refractivity contribution < 1.29 is 40.6 Å². The van der Waals surface area contributed by atoms with Gasteiger partial charge in [0.1, 0.15) is 59.3 Å². The number of ether oxygens (including phenoxy) is 2. The summed E-state index contributed by atoms with van der Waals surface area (Å²) in [6.07, 6.45) is 2.44. The van der Waals surface area contributed by atoms with Gasteiger partial charge in [-0.3, -0.25) is 14.8 Å². The number of aliphatic imine (C=N–C) groups is 1. The molecule has 0 saturated carbocycles. The van der Waals surface area contributed by atoms with Gasteiger partial charge in [0.25, 0.3) is 0 Å². The first kappa shape index (κ1) is 53.4. The quantitative estimate of drug-likeness (QED) is 0.0539. The lowest BCUT2D eigenvalue weighted by Crippen LogP contribution is -2.22. The number of aromatic nitrogens is 4. The summed E-state index contributed by atoms with van der Waals surface area (Å²) in [6, 6.07) is 47.8. The van der Waals surface area contributed by atoms with E-state index in [0.717, 1.165) is 60.7 Å². The molecule has 0 saturated heterocycles. The molecule has 73 heavy (non-hydrogen) atoms. The van der Waals surface area contributed by atoms with Crippen molar-refractivity contribution in [2.75, 3.05) is 25.7 Å². The maximum absolute atomic E-state index is 10.9. The van der Waals surface area contributed by atoms with E-state index in [9.17, 15) is 19.5 Å². The Morgan fingerprint density at radius 1 is 0.740 bits per heavy atom. The number of methoxy groups -OCH3 is 2. The molecule has 5 N–H and O–H groups in total. The molecule has 5 aromatic carbocycles. The van der Waals surface area contributed by atoms with Crippen molar-refractivity contribution in [1.82, 2.24) is 19.9 Å². The third-order valence-electron chi connectivity index (χ3n) is 9.98. The number of ketones is 1. The summed E-state index contributed by atoms with van der Waals surface area (Å²) in [5, 5.41) is 49.1. The summed E-state index contributed by atoms with van der Waals surface area (Å²) >= 11 is 5.16. The number of hydrogen-bond donors (Lipinski definition) is 5. The minimum absolute atomic E-state index is 0.121. The molecule has 0 aliphatic carbocycles. The van der Waals surface area contributed by atoms with Crippen molar-refractivity contribution in [2.45, 2.75) is 19.0 Å². The average molecular weight is 1010 g/mol. The van der Waals surface area contributed by atoms with E-state index in [0.29, 0.717) is 39.9 Å². The SMILES string of the molecule is CC(=O)c1ccccc1.COc1ccc2nc(C#N)ccc2c1.COc1ccc2ncccc2c1.N#Cc1ccc2cc(O)ccc2n1.O=C(O)[C@H]1CSC(c2ccc3cc(O)ccc3n2)=N1.[2H]N[C@H](C=O)CS. The van der Waals surface area contributed by atoms with E-state index in [1.54, 1.807) is 88.0 Å². The maximum atomic E-state index is 10.9. The number of carboxylic acids is 1. The number of carbonyl (C=O) groups excluding carboxylic acids is 2. The van der Waals surface area contributed by atoms with Gasteiger partial charge in [0.05, 0.1) is 48.0 Å². The predicted octanol–water partition coefficient (Wildman–Crippen LogP) is 9.39. The number of aliphatic carboxylic acids is 1. The smallest absolute Gasteiger partial charge is 0.329 e. The van der Waals surface area contributed by atoms with E-state index in [-0.39, 0.29) is 17.3 Å². The lowest BCUT2D eigenvalue weighted by molar-refractivity contribution is -0.137. The van der Waals surface area contributed by atoms with Gasteiger partial charge in [0.15, 0.2) is 11.8 Å². The molecular formula is C55H48N8O8S2. The fourth-order valence-corrected chi connectivity index (χ4v) is 7.32. The second-order valence-electron chi connectivity index (χ2n) is 15.1. The van der Waals surface area contributed by atoms with Crippen molar-refractivity contribution in [3.63, 3.8) is 0 Å². The van der Waals surface area contributed by atoms with E-state index < -0.39 is 18.1 Å². The van der Waals surface area contributed by atoms with Gasteiger partial charge in [0.2, 0.25) is 0 Å². The molecule has 5 heterocycles. The van der Waals surface area contributed by atoms with Crippen LogP contribution in [0.3, 0.4) is 0 Å². The molecular weight excluding hydrogens is 965 g/mol. The molecule has 0 amide bonds. The highest BCUT2D eigenvalue weighted by Crippen LogP contribution is 2.26. The molecule has 0 spiro atoms. The van der Waals surface area contributed by atoms with Crippen molar-refractivity contribution in [3.8, 4) is 35.1 Å². The second kappa shape index (κ2) is 28.0. The van der Waals surface area contributed by atoms with Crippen LogP contribution in [0.4, 0.5) is 0 Å². The topological polar surface area (TPSA) is 268 Å². The molecule has 2 atom stereocenters. The number of nitrogens with two attached hydrogens (primary N) is 1. The van der Waals surface area contributed by atoms with Crippen LogP contribution in [0.1, 0.15) is 34.4 Å². The molecule has 10 rings (SSSR count). The number of pyridine rings is 4. The van der Waals surface area contributed by atoms with E-state index in [2.05, 4.69) is 37.6 Å². The number of thioether (sulfide) groups is 1. The number of benzene rings is 5. The zero-order valence-electron chi connectivity index (χ0n) is 40.5. The molecule has 0 radical (unpaired) electrons. The Morgan fingerprint density at radius 2 is 1.26 bits per heavy atom. The third-order valence-corrected chi connectivity index (χ3v) is 11.4. The largest absolute Gasteiger partial charge is 0.508 e. The summed E-state index contributed by atoms with van der Waals surface area (Å²) in [6.45, 7) is 1.56. The van der Waals surface area contributed by atoms with Crippen LogP contribution < -0.4 is 15.2 Å². The number of fused-ring (bicyclic) bond motifs is 4. The number of hydrogen-bond acceptors (Lipinski definition) is 17. The molecule has 0 unspecified atom stereocenters. The lowest BCUT2D eigenvalue weighted by atomic mass is 10.2. The number of phenols is 2. The Labute approximate surface area is 431 Å². The molecule has 18 heteroatoms. The van der Waals surface area contributed by atoms with E-state index in [1.807, 2.05) is 109 Å². The Balaban J connectivity index is 0.000000169. The predicted molar refractivity (Wildman–Crippen MR) is 288 cm³/mol. The van der Waals surface area contributed by atoms with Gasteiger partial charge in [-0.25, -0.2) is 19.7 Å². The maximum Gasteiger partial charge on any atom is 0.329 e. The van der Waals surface area contributed by atoms with Crippen molar-refractivity contribution in [3.05, 3.63) is 181 Å². The van der Waals surface area contributed by atoms with E-state index in [4.69, 9.17) is 31.6 Å². The lowest BCUT2D eigenvalue weighted by Gasteiger charge is -2.02. The fourth-order valence-electron chi connectivity index (χ4n) is 6.24. The van der Waals surface area contributed by atoms with Crippen molar-refractivity contribution >= 4 is 91.1 Å². The zero-order chi connectivity index (χ0) is 53.4. The first-order valence-corrected chi connectivity index (χ1v) is 23.5. The third kappa shape index (κ3) is 16.9. The van der Waals surface area contributed by atoms with Crippen LogP contribution in [0, 0.1) is 22.7 Å². The summed E-state index contributed by atoms with van der Waals surface area (Å²) in [5.41, 5.74) is 7.55. The Kier molecular flexibility index (Phi) is 20.5.